The molecule has 0 spiro atoms. The summed E-state index contributed by atoms with van der Waals surface area (Å²) in [5, 5.41) is 12.3. The molecule has 2 aromatic rings. The summed E-state index contributed by atoms with van der Waals surface area (Å²) < 4.78 is 31.9. The molecule has 2 unspecified atom stereocenters. The molecule has 0 amide bonds. The van der Waals surface area contributed by atoms with Gasteiger partial charge in [-0.25, -0.2) is 14.3 Å². The van der Waals surface area contributed by atoms with Crippen molar-refractivity contribution >= 4 is 31.4 Å². The van der Waals surface area contributed by atoms with Crippen LogP contribution in [0.5, 0.6) is 5.75 Å². The fourth-order valence-corrected chi connectivity index (χ4v) is 7.08. The second-order valence-corrected chi connectivity index (χ2v) is 11.8. The summed E-state index contributed by atoms with van der Waals surface area (Å²) in [6.45, 7) is 1.36. The Kier molecular flexibility index (Phi) is 8.68. The normalized spacial score (nSPS) is 24.8. The predicted octanol–water partition coefficient (Wildman–Crippen LogP) is 2.25. The number of nitrogens with one attached hydrogen (secondary N) is 1. The van der Waals surface area contributed by atoms with Crippen molar-refractivity contribution in [2.45, 2.75) is 67.9 Å². The van der Waals surface area contributed by atoms with Gasteiger partial charge in [0, 0.05) is 6.42 Å². The van der Waals surface area contributed by atoms with Gasteiger partial charge in [0.25, 0.3) is 0 Å². The van der Waals surface area contributed by atoms with Gasteiger partial charge in [-0.05, 0) is 44.7 Å². The zero-order chi connectivity index (χ0) is 25.7. The number of aromatic nitrogens is 3. The van der Waals surface area contributed by atoms with E-state index >= 15 is 0 Å². The number of hydrogen-bond donors (Lipinski definition) is 3. The summed E-state index contributed by atoms with van der Waals surface area (Å²) >= 11 is 1.26. The number of ether oxygens (including phenoxy) is 1. The first-order valence-electron chi connectivity index (χ1n) is 11.7. The molecule has 4 N–H and O–H groups in total. The van der Waals surface area contributed by atoms with Crippen molar-refractivity contribution in [2.75, 3.05) is 12.3 Å². The van der Waals surface area contributed by atoms with Gasteiger partial charge in [0.15, 0.2) is 0 Å². The van der Waals surface area contributed by atoms with Crippen LogP contribution >= 0.6 is 19.5 Å². The molecule has 2 aliphatic rings. The fraction of sp³-hybridized carbons (Fsp3) is 0.545. The Morgan fingerprint density at radius 3 is 2.75 bits per heavy atom. The number of aliphatic hydroxyl groups is 1. The van der Waals surface area contributed by atoms with Gasteiger partial charge in [-0.3, -0.25) is 13.9 Å². The van der Waals surface area contributed by atoms with Crippen molar-refractivity contribution in [3.63, 3.8) is 0 Å². The van der Waals surface area contributed by atoms with Gasteiger partial charge < -0.3 is 20.1 Å². The molecule has 0 radical (unpaired) electrons. The van der Waals surface area contributed by atoms with Crippen LogP contribution in [0, 0.1) is 0 Å². The maximum Gasteiger partial charge on any atom is 0.459 e. The van der Waals surface area contributed by atoms with Gasteiger partial charge >= 0.3 is 19.4 Å². The number of benzene rings is 1. The minimum Gasteiger partial charge on any atom is -0.461 e. The number of aliphatic hydroxyl groups excluding tert-OH is 1. The summed E-state index contributed by atoms with van der Waals surface area (Å²) in [7, 11) is -4.07. The number of anilines is 1. The molecule has 2 heterocycles. The SMILES string of the molecule is C[C@H](NP(=O)(OCC1S[C@@H](n2cnc(N)nc2=O)C[C@H]1O)Oc1ccccc1)C(=O)OC1CCCC1. The molecule has 1 aliphatic carbocycles. The van der Waals surface area contributed by atoms with E-state index < -0.39 is 42.2 Å². The van der Waals surface area contributed by atoms with E-state index in [9.17, 15) is 19.3 Å². The predicted molar refractivity (Wildman–Crippen MR) is 133 cm³/mol. The average molecular weight is 540 g/mol. The first kappa shape index (κ1) is 26.6. The Labute approximate surface area is 212 Å². The van der Waals surface area contributed by atoms with Crippen molar-refractivity contribution in [3.05, 3.63) is 47.1 Å². The lowest BCUT2D eigenvalue weighted by Gasteiger charge is -2.25. The van der Waals surface area contributed by atoms with Gasteiger partial charge in [-0.1, -0.05) is 18.2 Å². The molecule has 196 valence electrons. The second-order valence-electron chi connectivity index (χ2n) is 8.73. The molecular formula is C22H30N5O7PS. The Balaban J connectivity index is 1.42. The highest BCUT2D eigenvalue weighted by Gasteiger charge is 2.39. The number of rotatable bonds is 10. The van der Waals surface area contributed by atoms with Crippen LogP contribution in [0.4, 0.5) is 5.95 Å². The van der Waals surface area contributed by atoms with E-state index in [4.69, 9.17) is 19.5 Å². The molecule has 1 saturated heterocycles. The fourth-order valence-electron chi connectivity index (χ4n) is 4.03. The number of nitrogens with zero attached hydrogens (tertiary/aromatic N) is 3. The topological polar surface area (TPSA) is 168 Å². The number of carbonyl (C=O) groups is 1. The summed E-state index contributed by atoms with van der Waals surface area (Å²) in [5.74, 6) is -0.390. The van der Waals surface area contributed by atoms with Crippen molar-refractivity contribution in [3.8, 4) is 5.75 Å². The molecule has 2 fully saturated rings. The van der Waals surface area contributed by atoms with Crippen LogP contribution in [-0.2, 0) is 18.6 Å². The van der Waals surface area contributed by atoms with Crippen molar-refractivity contribution in [1.82, 2.24) is 19.6 Å². The van der Waals surface area contributed by atoms with Crippen LogP contribution in [0.3, 0.4) is 0 Å². The van der Waals surface area contributed by atoms with E-state index in [-0.39, 0.29) is 30.8 Å². The number of carbonyl (C=O) groups excluding carboxylic acids is 1. The molecular weight excluding hydrogens is 509 g/mol. The van der Waals surface area contributed by atoms with Crippen molar-refractivity contribution < 1.29 is 28.3 Å². The van der Waals surface area contributed by atoms with Crippen LogP contribution in [-0.4, -0.2) is 55.7 Å². The highest BCUT2D eigenvalue weighted by Crippen LogP contribution is 2.48. The monoisotopic (exact) mass is 539 g/mol. The first-order chi connectivity index (χ1) is 17.2. The largest absolute Gasteiger partial charge is 0.461 e. The van der Waals surface area contributed by atoms with Gasteiger partial charge in [0.2, 0.25) is 5.95 Å². The summed E-state index contributed by atoms with van der Waals surface area (Å²) in [6, 6.07) is 7.47. The molecule has 1 saturated carbocycles. The maximum atomic E-state index is 13.7. The summed E-state index contributed by atoms with van der Waals surface area (Å²) in [6.07, 6.45) is 4.15. The van der Waals surface area contributed by atoms with Crippen LogP contribution in [0.2, 0.25) is 0 Å². The van der Waals surface area contributed by atoms with Gasteiger partial charge in [0.05, 0.1) is 23.3 Å². The third-order valence-corrected chi connectivity index (χ3v) is 9.11. The molecule has 0 bridgehead atoms. The van der Waals surface area contributed by atoms with Crippen LogP contribution in [0.25, 0.3) is 0 Å². The van der Waals surface area contributed by atoms with E-state index in [1.807, 2.05) is 0 Å². The van der Waals surface area contributed by atoms with E-state index in [0.29, 0.717) is 0 Å². The van der Waals surface area contributed by atoms with E-state index in [1.165, 1.54) is 29.6 Å². The van der Waals surface area contributed by atoms with Gasteiger partial charge in [0.1, 0.15) is 24.2 Å². The Bertz CT molecular complexity index is 1150. The van der Waals surface area contributed by atoms with Crippen LogP contribution < -0.4 is 21.0 Å². The molecule has 1 aromatic carbocycles. The number of nitrogen functional groups attached to an aromatic ring is 1. The zero-order valence-electron chi connectivity index (χ0n) is 19.8. The van der Waals surface area contributed by atoms with Crippen LogP contribution in [0.15, 0.2) is 41.5 Å². The minimum absolute atomic E-state index is 0.134. The number of thioether (sulfide) groups is 1. The standard InChI is InChI=1S/C22H30N5O7PS/c1-14(20(29)33-15-7-5-6-8-15)26-35(31,34-16-9-3-2-4-10-16)32-12-18-17(28)11-19(36-18)27-13-24-21(23)25-22(27)30/h2-4,9-10,13-15,17-19,28H,5-8,11-12H2,1H3,(H,26,31)(H2,23,25,30)/t14-,17+,18?,19+,35?/m0/s1. The summed E-state index contributed by atoms with van der Waals surface area (Å²) in [5.41, 5.74) is 4.87. The average Bonchev–Trinajstić information content (AvgIpc) is 3.47. The first-order valence-corrected chi connectivity index (χ1v) is 14.2. The van der Waals surface area contributed by atoms with Gasteiger partial charge in [-0.2, -0.15) is 10.1 Å². The smallest absolute Gasteiger partial charge is 0.459 e. The highest BCUT2D eigenvalue weighted by atomic mass is 32.2. The second kappa shape index (κ2) is 11.7. The Morgan fingerprint density at radius 1 is 1.33 bits per heavy atom. The lowest BCUT2D eigenvalue weighted by atomic mass is 10.2. The van der Waals surface area contributed by atoms with Crippen molar-refractivity contribution in [2.24, 2.45) is 0 Å². The molecule has 14 heteroatoms. The van der Waals surface area contributed by atoms with Crippen LogP contribution in [0.1, 0.15) is 44.4 Å². The quantitative estimate of drug-likeness (QED) is 0.298. The summed E-state index contributed by atoms with van der Waals surface area (Å²) in [4.78, 5) is 32.2. The Hall–Kier alpha value is -2.44. The number of para-hydroxylation sites is 1. The lowest BCUT2D eigenvalue weighted by molar-refractivity contribution is -0.150. The number of esters is 1. The van der Waals surface area contributed by atoms with E-state index in [1.54, 1.807) is 30.3 Å². The third-order valence-electron chi connectivity index (χ3n) is 5.93. The number of nitrogens with two attached hydrogens (primary N) is 1. The number of hydrogen-bond acceptors (Lipinski definition) is 11. The third kappa shape index (κ3) is 6.86. The van der Waals surface area contributed by atoms with Crippen molar-refractivity contribution in [1.29, 1.82) is 0 Å². The van der Waals surface area contributed by atoms with Gasteiger partial charge in [-0.15, -0.1) is 11.8 Å². The molecule has 12 nitrogen and oxygen atoms in total. The molecule has 1 aromatic heterocycles. The zero-order valence-corrected chi connectivity index (χ0v) is 21.5. The van der Waals surface area contributed by atoms with E-state index in [0.717, 1.165) is 25.7 Å². The minimum atomic E-state index is -4.07. The van der Waals surface area contributed by atoms with E-state index in [2.05, 4.69) is 15.1 Å². The molecule has 4 rings (SSSR count). The Morgan fingerprint density at radius 2 is 2.06 bits per heavy atom. The lowest BCUT2D eigenvalue weighted by Crippen LogP contribution is -2.37. The highest BCUT2D eigenvalue weighted by molar-refractivity contribution is 8.00. The maximum absolute atomic E-state index is 13.7. The molecule has 5 atom stereocenters. The molecule has 36 heavy (non-hydrogen) atoms. The molecule has 1 aliphatic heterocycles.